The number of nitrogens with zero attached hydrogens (tertiary/aromatic N) is 2. The summed E-state index contributed by atoms with van der Waals surface area (Å²) in [6.07, 6.45) is 1.70. The number of hydrazone groups is 1. The van der Waals surface area contributed by atoms with Gasteiger partial charge in [-0.15, -0.1) is 0 Å². The van der Waals surface area contributed by atoms with Crippen LogP contribution in [0.25, 0.3) is 10.9 Å². The quantitative estimate of drug-likeness (QED) is 0.302. The molecule has 0 radical (unpaired) electrons. The summed E-state index contributed by atoms with van der Waals surface area (Å²) in [6.45, 7) is 4.58. The molecule has 4 aromatic rings. The Kier molecular flexibility index (Phi) is 6.57. The van der Waals surface area contributed by atoms with Crippen LogP contribution < -0.4 is 10.2 Å². The normalized spacial score (nSPS) is 11.2. The minimum atomic E-state index is -0.332. The van der Waals surface area contributed by atoms with Gasteiger partial charge in [-0.2, -0.15) is 5.10 Å². The van der Waals surface area contributed by atoms with Crippen molar-refractivity contribution in [2.75, 3.05) is 6.61 Å². The van der Waals surface area contributed by atoms with Crippen LogP contribution in [-0.2, 0) is 11.3 Å². The number of hydrogen-bond acceptors (Lipinski definition) is 3. The lowest BCUT2D eigenvalue weighted by molar-refractivity contribution is -0.123. The molecule has 6 heteroatoms. The van der Waals surface area contributed by atoms with Crippen LogP contribution in [0, 0.1) is 13.8 Å². The summed E-state index contributed by atoms with van der Waals surface area (Å²) in [5.41, 5.74) is 7.84. The number of amides is 1. The van der Waals surface area contributed by atoms with Gasteiger partial charge in [0.15, 0.2) is 6.61 Å². The van der Waals surface area contributed by atoms with E-state index in [1.54, 1.807) is 24.4 Å². The monoisotopic (exact) mass is 445 g/mol. The molecular weight excluding hydrogens is 422 g/mol. The van der Waals surface area contributed by atoms with Crippen molar-refractivity contribution in [1.29, 1.82) is 0 Å². The van der Waals surface area contributed by atoms with Crippen LogP contribution >= 0.6 is 11.6 Å². The maximum Gasteiger partial charge on any atom is 0.277 e. The van der Waals surface area contributed by atoms with E-state index in [0.29, 0.717) is 10.8 Å². The summed E-state index contributed by atoms with van der Waals surface area (Å²) >= 11 is 5.95. The van der Waals surface area contributed by atoms with Crippen LogP contribution in [0.4, 0.5) is 0 Å². The van der Waals surface area contributed by atoms with Crippen molar-refractivity contribution in [1.82, 2.24) is 9.99 Å². The zero-order chi connectivity index (χ0) is 22.5. The van der Waals surface area contributed by atoms with E-state index in [9.17, 15) is 4.79 Å². The zero-order valence-electron chi connectivity index (χ0n) is 18.0. The number of halogens is 1. The minimum Gasteiger partial charge on any atom is -0.483 e. The molecule has 0 bridgehead atoms. The number of fused-ring (bicyclic) bond motifs is 1. The number of para-hydroxylation sites is 1. The van der Waals surface area contributed by atoms with Crippen molar-refractivity contribution >= 4 is 34.6 Å². The summed E-state index contributed by atoms with van der Waals surface area (Å²) in [4.78, 5) is 12.2. The highest BCUT2D eigenvalue weighted by atomic mass is 35.5. The number of carbonyl (C=O) groups is 1. The smallest absolute Gasteiger partial charge is 0.277 e. The fraction of sp³-hybridized carbons (Fsp3) is 0.154. The molecule has 0 fully saturated rings. The van der Waals surface area contributed by atoms with Gasteiger partial charge in [0.1, 0.15) is 5.75 Å². The average Bonchev–Trinajstić information content (AvgIpc) is 3.05. The molecule has 0 atom stereocenters. The molecule has 1 aromatic heterocycles. The lowest BCUT2D eigenvalue weighted by Gasteiger charge is -2.09. The van der Waals surface area contributed by atoms with Crippen molar-refractivity contribution in [3.63, 3.8) is 0 Å². The molecule has 1 amide bonds. The molecule has 5 nitrogen and oxygen atoms in total. The molecule has 0 aliphatic carbocycles. The van der Waals surface area contributed by atoms with E-state index < -0.39 is 0 Å². The standard InChI is InChI=1S/C26H24ClN3O2/c1-18-14-21(27)12-13-25(18)32-17-26(31)29-28-15-23-19(2)30(16-20-8-4-3-5-9-20)24-11-7-6-10-22(23)24/h3-15H,16-17H2,1-2H3,(H,29,31)/b28-15-. The zero-order valence-corrected chi connectivity index (χ0v) is 18.8. The third-order valence-electron chi connectivity index (χ3n) is 5.34. The molecular formula is C26H24ClN3O2. The minimum absolute atomic E-state index is 0.130. The van der Waals surface area contributed by atoms with Crippen molar-refractivity contribution in [3.8, 4) is 5.75 Å². The number of aryl methyl sites for hydroxylation is 1. The molecule has 162 valence electrons. The first kappa shape index (κ1) is 21.7. The van der Waals surface area contributed by atoms with Gasteiger partial charge in [0.05, 0.1) is 6.21 Å². The lowest BCUT2D eigenvalue weighted by atomic mass is 10.1. The predicted octanol–water partition coefficient (Wildman–Crippen LogP) is 5.49. The van der Waals surface area contributed by atoms with Gasteiger partial charge in [-0.1, -0.05) is 60.1 Å². The Bertz CT molecular complexity index is 1280. The molecule has 1 N–H and O–H groups in total. The first-order chi connectivity index (χ1) is 15.5. The number of benzene rings is 3. The second-order valence-electron chi connectivity index (χ2n) is 7.58. The number of nitrogens with one attached hydrogen (secondary N) is 1. The van der Waals surface area contributed by atoms with E-state index in [4.69, 9.17) is 16.3 Å². The number of hydrogen-bond donors (Lipinski definition) is 1. The Labute approximate surface area is 192 Å². The molecule has 3 aromatic carbocycles. The van der Waals surface area contributed by atoms with Gasteiger partial charge < -0.3 is 9.30 Å². The molecule has 0 aliphatic rings. The van der Waals surface area contributed by atoms with E-state index >= 15 is 0 Å². The van der Waals surface area contributed by atoms with Crippen molar-refractivity contribution in [2.24, 2.45) is 5.10 Å². The third-order valence-corrected chi connectivity index (χ3v) is 5.58. The van der Waals surface area contributed by atoms with Gasteiger partial charge in [0, 0.05) is 33.7 Å². The van der Waals surface area contributed by atoms with Gasteiger partial charge in [-0.05, 0) is 49.2 Å². The van der Waals surface area contributed by atoms with Crippen molar-refractivity contribution < 1.29 is 9.53 Å². The van der Waals surface area contributed by atoms with Gasteiger partial charge in [0.25, 0.3) is 5.91 Å². The Morgan fingerprint density at radius 2 is 1.81 bits per heavy atom. The van der Waals surface area contributed by atoms with E-state index in [2.05, 4.69) is 46.3 Å². The van der Waals surface area contributed by atoms with Gasteiger partial charge in [0.2, 0.25) is 0 Å². The molecule has 0 aliphatic heterocycles. The first-order valence-corrected chi connectivity index (χ1v) is 10.7. The van der Waals surface area contributed by atoms with Crippen molar-refractivity contribution in [3.05, 3.63) is 100 Å². The van der Waals surface area contributed by atoms with Crippen LogP contribution in [-0.4, -0.2) is 23.3 Å². The van der Waals surface area contributed by atoms with Crippen LogP contribution in [0.5, 0.6) is 5.75 Å². The van der Waals surface area contributed by atoms with Crippen LogP contribution in [0.15, 0.2) is 77.9 Å². The van der Waals surface area contributed by atoms with E-state index in [1.807, 2.05) is 37.3 Å². The van der Waals surface area contributed by atoms with Crippen LogP contribution in [0.3, 0.4) is 0 Å². The molecule has 4 rings (SSSR count). The Balaban J connectivity index is 1.47. The SMILES string of the molecule is Cc1cc(Cl)ccc1OCC(=O)N/N=C\c1c(C)n(Cc2ccccc2)c2ccccc12. The second kappa shape index (κ2) is 9.71. The van der Waals surface area contributed by atoms with Gasteiger partial charge in [-0.25, -0.2) is 5.43 Å². The van der Waals surface area contributed by atoms with Crippen molar-refractivity contribution in [2.45, 2.75) is 20.4 Å². The fourth-order valence-corrected chi connectivity index (χ4v) is 3.94. The number of ether oxygens (including phenoxy) is 1. The fourth-order valence-electron chi connectivity index (χ4n) is 3.71. The van der Waals surface area contributed by atoms with Gasteiger partial charge in [-0.3, -0.25) is 4.79 Å². The lowest BCUT2D eigenvalue weighted by Crippen LogP contribution is -2.24. The van der Waals surface area contributed by atoms with E-state index in [0.717, 1.165) is 34.3 Å². The largest absolute Gasteiger partial charge is 0.483 e. The summed E-state index contributed by atoms with van der Waals surface area (Å²) in [5, 5.41) is 5.90. The topological polar surface area (TPSA) is 55.6 Å². The first-order valence-electron chi connectivity index (χ1n) is 10.4. The highest BCUT2D eigenvalue weighted by molar-refractivity contribution is 6.30. The van der Waals surface area contributed by atoms with Gasteiger partial charge >= 0.3 is 0 Å². The maximum atomic E-state index is 12.2. The molecule has 32 heavy (non-hydrogen) atoms. The third kappa shape index (κ3) is 4.84. The predicted molar refractivity (Wildman–Crippen MR) is 130 cm³/mol. The Morgan fingerprint density at radius 3 is 2.59 bits per heavy atom. The summed E-state index contributed by atoms with van der Waals surface area (Å²) in [6, 6.07) is 23.8. The number of carbonyl (C=O) groups excluding carboxylic acids is 1. The summed E-state index contributed by atoms with van der Waals surface area (Å²) < 4.78 is 7.84. The Morgan fingerprint density at radius 1 is 1.06 bits per heavy atom. The van der Waals surface area contributed by atoms with Crippen LogP contribution in [0.1, 0.15) is 22.4 Å². The van der Waals surface area contributed by atoms with E-state index in [1.165, 1.54) is 5.56 Å². The molecule has 0 saturated carbocycles. The highest BCUT2D eigenvalue weighted by Gasteiger charge is 2.13. The number of rotatable bonds is 7. The number of aromatic nitrogens is 1. The second-order valence-corrected chi connectivity index (χ2v) is 8.02. The van der Waals surface area contributed by atoms with E-state index in [-0.39, 0.29) is 12.5 Å². The molecule has 0 spiro atoms. The average molecular weight is 446 g/mol. The molecule has 0 saturated heterocycles. The summed E-state index contributed by atoms with van der Waals surface area (Å²) in [7, 11) is 0. The highest BCUT2D eigenvalue weighted by Crippen LogP contribution is 2.25. The Hall–Kier alpha value is -3.57. The maximum absolute atomic E-state index is 12.2. The molecule has 1 heterocycles. The molecule has 0 unspecified atom stereocenters. The van der Waals surface area contributed by atoms with Crippen LogP contribution in [0.2, 0.25) is 5.02 Å². The summed E-state index contributed by atoms with van der Waals surface area (Å²) in [5.74, 6) is 0.287.